The molecule has 0 saturated carbocycles. The van der Waals surface area contributed by atoms with Crippen molar-refractivity contribution >= 4 is 18.7 Å². The molecular formula is C15H17BF2O4. The van der Waals surface area contributed by atoms with E-state index >= 15 is 0 Å². The van der Waals surface area contributed by atoms with E-state index in [1.165, 1.54) is 13.8 Å². The highest BCUT2D eigenvalue weighted by Gasteiger charge is 2.43. The number of carbonyl (C=O) groups is 2. The molecule has 1 heterocycles. The molecule has 1 aliphatic rings. The fraction of sp³-hybridized carbons (Fsp3) is 0.467. The molecule has 0 aromatic heterocycles. The van der Waals surface area contributed by atoms with Crippen LogP contribution in [0.2, 0.25) is 5.82 Å². The minimum atomic E-state index is -3.39. The first-order chi connectivity index (χ1) is 10.3. The predicted octanol–water partition coefficient (Wildman–Crippen LogP) is 2.68. The molecule has 0 spiro atoms. The van der Waals surface area contributed by atoms with Crippen molar-refractivity contribution in [1.82, 2.24) is 0 Å². The lowest BCUT2D eigenvalue weighted by Crippen LogP contribution is -2.38. The fourth-order valence-electron chi connectivity index (χ4n) is 2.52. The van der Waals surface area contributed by atoms with Gasteiger partial charge in [0, 0.05) is 18.7 Å². The Hall–Kier alpha value is -1.76. The number of hydrogen-bond acceptors (Lipinski definition) is 4. The molecule has 1 N–H and O–H groups in total. The van der Waals surface area contributed by atoms with Crippen LogP contribution < -0.4 is 4.65 Å². The molecular weight excluding hydrogens is 293 g/mol. The normalized spacial score (nSPS) is 17.7. The zero-order valence-corrected chi connectivity index (χ0v) is 12.4. The van der Waals surface area contributed by atoms with Gasteiger partial charge in [-0.05, 0) is 25.0 Å². The van der Waals surface area contributed by atoms with E-state index in [9.17, 15) is 23.4 Å². The van der Waals surface area contributed by atoms with Crippen LogP contribution in [0.1, 0.15) is 42.6 Å². The SMILES string of the molecule is CCC(F)(F)C(=O)C[C@H]1Cc2cccc(C(C)=O)c2OB1O. The number of hydrogen-bond donors (Lipinski definition) is 1. The van der Waals surface area contributed by atoms with E-state index < -0.39 is 37.5 Å². The molecule has 7 heteroatoms. The number of para-hydroxylation sites is 1. The summed E-state index contributed by atoms with van der Waals surface area (Å²) in [6, 6.07) is 4.93. The van der Waals surface area contributed by atoms with Gasteiger partial charge >= 0.3 is 13.0 Å². The third kappa shape index (κ3) is 3.19. The number of fused-ring (bicyclic) bond motifs is 1. The Kier molecular flexibility index (Phi) is 4.65. The smallest absolute Gasteiger partial charge is 0.526 e. The maximum Gasteiger partial charge on any atom is 0.526 e. The van der Waals surface area contributed by atoms with Gasteiger partial charge < -0.3 is 9.68 Å². The molecule has 1 aromatic carbocycles. The number of halogens is 2. The predicted molar refractivity (Wildman–Crippen MR) is 77.4 cm³/mol. The first-order valence-electron chi connectivity index (χ1n) is 7.15. The van der Waals surface area contributed by atoms with Crippen LogP contribution in [0.3, 0.4) is 0 Å². The fourth-order valence-corrected chi connectivity index (χ4v) is 2.52. The van der Waals surface area contributed by atoms with E-state index in [2.05, 4.69) is 0 Å². The van der Waals surface area contributed by atoms with Crippen molar-refractivity contribution in [3.63, 3.8) is 0 Å². The van der Waals surface area contributed by atoms with Gasteiger partial charge in [0.15, 0.2) is 5.78 Å². The number of ketones is 2. The van der Waals surface area contributed by atoms with Crippen LogP contribution in [-0.2, 0) is 11.2 Å². The number of rotatable bonds is 5. The summed E-state index contributed by atoms with van der Waals surface area (Å²) in [5.41, 5.74) is 0.968. The Bertz CT molecular complexity index is 603. The molecule has 0 radical (unpaired) electrons. The summed E-state index contributed by atoms with van der Waals surface area (Å²) in [6.45, 7) is 2.61. The maximum atomic E-state index is 13.4. The van der Waals surface area contributed by atoms with Crippen LogP contribution >= 0.6 is 0 Å². The molecule has 1 aliphatic heterocycles. The molecule has 0 bridgehead atoms. The van der Waals surface area contributed by atoms with E-state index in [-0.39, 0.29) is 18.0 Å². The summed E-state index contributed by atoms with van der Waals surface area (Å²) >= 11 is 0. The zero-order valence-electron chi connectivity index (χ0n) is 12.4. The topological polar surface area (TPSA) is 63.6 Å². The lowest BCUT2D eigenvalue weighted by Gasteiger charge is -2.29. The molecule has 22 heavy (non-hydrogen) atoms. The third-order valence-corrected chi connectivity index (χ3v) is 3.90. The van der Waals surface area contributed by atoms with Crippen molar-refractivity contribution < 1.29 is 28.0 Å². The second-order valence-corrected chi connectivity index (χ2v) is 5.51. The summed E-state index contributed by atoms with van der Waals surface area (Å²) in [6.07, 6.45) is -0.824. The van der Waals surface area contributed by atoms with Gasteiger partial charge in [-0.15, -0.1) is 0 Å². The van der Waals surface area contributed by atoms with Gasteiger partial charge in [0.25, 0.3) is 0 Å². The Morgan fingerprint density at radius 3 is 2.73 bits per heavy atom. The van der Waals surface area contributed by atoms with E-state index in [1.807, 2.05) is 0 Å². The lowest BCUT2D eigenvalue weighted by atomic mass is 9.64. The minimum Gasteiger partial charge on any atom is -0.535 e. The number of Topliss-reactive ketones (excluding diaryl/α,β-unsaturated/α-hetero) is 2. The van der Waals surface area contributed by atoms with Crippen LogP contribution in [0.15, 0.2) is 18.2 Å². The van der Waals surface area contributed by atoms with Gasteiger partial charge in [-0.1, -0.05) is 19.1 Å². The number of carbonyl (C=O) groups excluding carboxylic acids is 2. The van der Waals surface area contributed by atoms with Crippen molar-refractivity contribution in [3.05, 3.63) is 29.3 Å². The van der Waals surface area contributed by atoms with Crippen molar-refractivity contribution in [2.24, 2.45) is 0 Å². The van der Waals surface area contributed by atoms with Crippen LogP contribution in [0.5, 0.6) is 5.75 Å². The molecule has 0 saturated heterocycles. The average molecular weight is 310 g/mol. The monoisotopic (exact) mass is 310 g/mol. The van der Waals surface area contributed by atoms with E-state index in [4.69, 9.17) is 4.65 Å². The Balaban J connectivity index is 2.21. The van der Waals surface area contributed by atoms with Gasteiger partial charge in [0.05, 0.1) is 5.56 Å². The maximum absolute atomic E-state index is 13.4. The highest BCUT2D eigenvalue weighted by Crippen LogP contribution is 2.37. The first-order valence-corrected chi connectivity index (χ1v) is 7.15. The summed E-state index contributed by atoms with van der Waals surface area (Å²) in [7, 11) is -1.38. The van der Waals surface area contributed by atoms with E-state index in [1.54, 1.807) is 18.2 Å². The van der Waals surface area contributed by atoms with Crippen molar-refractivity contribution in [3.8, 4) is 5.75 Å². The average Bonchev–Trinajstić information content (AvgIpc) is 2.47. The number of alkyl halides is 2. The van der Waals surface area contributed by atoms with E-state index in [0.717, 1.165) is 0 Å². The quantitative estimate of drug-likeness (QED) is 0.671. The van der Waals surface area contributed by atoms with Gasteiger partial charge in [-0.3, -0.25) is 9.59 Å². The standard InChI is InChI=1S/C15H17BF2O4/c1-3-15(17,18)13(20)8-11-7-10-5-4-6-12(9(2)19)14(10)22-16(11)21/h4-6,11,21H,3,7-8H2,1-2H3/t11-/m1/s1. The largest absolute Gasteiger partial charge is 0.535 e. The highest BCUT2D eigenvalue weighted by molar-refractivity contribution is 6.47. The molecule has 0 fully saturated rings. The van der Waals surface area contributed by atoms with Crippen molar-refractivity contribution in [2.45, 2.75) is 44.8 Å². The van der Waals surface area contributed by atoms with E-state index in [0.29, 0.717) is 11.1 Å². The summed E-state index contributed by atoms with van der Waals surface area (Å²) in [4.78, 5) is 23.2. The second kappa shape index (κ2) is 6.16. The summed E-state index contributed by atoms with van der Waals surface area (Å²) < 4.78 is 32.1. The first kappa shape index (κ1) is 16.6. The molecule has 118 valence electrons. The highest BCUT2D eigenvalue weighted by atomic mass is 19.3. The Labute approximate surface area is 127 Å². The van der Waals surface area contributed by atoms with Crippen LogP contribution in [0, 0.1) is 0 Å². The molecule has 4 nitrogen and oxygen atoms in total. The molecule has 0 aliphatic carbocycles. The van der Waals surface area contributed by atoms with Gasteiger partial charge in [0.1, 0.15) is 5.75 Å². The molecule has 2 rings (SSSR count). The van der Waals surface area contributed by atoms with Gasteiger partial charge in [-0.25, -0.2) is 0 Å². The van der Waals surface area contributed by atoms with Gasteiger partial charge in [-0.2, -0.15) is 8.78 Å². The second-order valence-electron chi connectivity index (χ2n) is 5.51. The summed E-state index contributed by atoms with van der Waals surface area (Å²) in [5, 5.41) is 9.98. The Morgan fingerprint density at radius 2 is 2.14 bits per heavy atom. The Morgan fingerprint density at radius 1 is 1.45 bits per heavy atom. The summed E-state index contributed by atoms with van der Waals surface area (Å²) in [5.74, 6) is -5.28. The van der Waals surface area contributed by atoms with Gasteiger partial charge in [0.2, 0.25) is 5.78 Å². The molecule has 1 atom stereocenters. The molecule has 0 amide bonds. The molecule has 0 unspecified atom stereocenters. The van der Waals surface area contributed by atoms with Crippen LogP contribution in [-0.4, -0.2) is 29.6 Å². The zero-order chi connectivity index (χ0) is 16.5. The van der Waals surface area contributed by atoms with Crippen LogP contribution in [0.4, 0.5) is 8.78 Å². The van der Waals surface area contributed by atoms with Crippen molar-refractivity contribution in [1.29, 1.82) is 0 Å². The molecule has 1 aromatic rings. The third-order valence-electron chi connectivity index (χ3n) is 3.90. The lowest BCUT2D eigenvalue weighted by molar-refractivity contribution is -0.143. The van der Waals surface area contributed by atoms with Crippen LogP contribution in [0.25, 0.3) is 0 Å². The van der Waals surface area contributed by atoms with Crippen molar-refractivity contribution in [2.75, 3.05) is 0 Å². The minimum absolute atomic E-state index is 0.211. The number of benzene rings is 1.